The first-order chi connectivity index (χ1) is 10.8. The molecule has 2 aliphatic rings. The first-order valence-corrected chi connectivity index (χ1v) is 8.80. The van der Waals surface area contributed by atoms with Crippen molar-refractivity contribution in [2.24, 2.45) is 5.92 Å². The van der Waals surface area contributed by atoms with Gasteiger partial charge in [-0.25, -0.2) is 4.39 Å². The smallest absolute Gasteiger partial charge is 0.299 e. The number of benzene rings is 1. The van der Waals surface area contributed by atoms with E-state index in [1.54, 1.807) is 0 Å². The minimum Gasteiger partial charge on any atom is -0.299 e. The second-order valence-electron chi connectivity index (χ2n) is 6.47. The topological polar surface area (TPSA) is 17.1 Å². The van der Waals surface area contributed by atoms with Gasteiger partial charge in [0.15, 0.2) is 0 Å². The lowest BCUT2D eigenvalue weighted by atomic mass is 9.84. The third-order valence-electron chi connectivity index (χ3n) is 4.65. The summed E-state index contributed by atoms with van der Waals surface area (Å²) < 4.78 is 51.6. The predicted molar refractivity (Wildman–Crippen MR) is 81.9 cm³/mol. The standard InChI is InChI=1S/C17H18F4OS/c18-13-5-10(4-12(9-13)17(19,20)21)6-16(22)11-7-14-2-1-3-15(8-11)23-14/h4-5,9,11,14-15H,1-3,6-8H2. The minimum absolute atomic E-state index is 0.0547. The number of thioether (sulfide) groups is 1. The first-order valence-electron chi connectivity index (χ1n) is 7.86. The Hall–Kier alpha value is -1.04. The second kappa shape index (κ2) is 6.46. The molecule has 1 nitrogen and oxygen atoms in total. The maximum absolute atomic E-state index is 13.4. The van der Waals surface area contributed by atoms with Gasteiger partial charge in [-0.15, -0.1) is 0 Å². The number of halogens is 4. The largest absolute Gasteiger partial charge is 0.416 e. The van der Waals surface area contributed by atoms with Gasteiger partial charge in [-0.05, 0) is 49.4 Å². The molecule has 0 N–H and O–H groups in total. The Morgan fingerprint density at radius 2 is 1.78 bits per heavy atom. The Morgan fingerprint density at radius 1 is 1.13 bits per heavy atom. The fourth-order valence-corrected chi connectivity index (χ4v) is 5.42. The Morgan fingerprint density at radius 3 is 2.39 bits per heavy atom. The number of rotatable bonds is 3. The summed E-state index contributed by atoms with van der Waals surface area (Å²) >= 11 is 1.95. The van der Waals surface area contributed by atoms with Gasteiger partial charge in [0.1, 0.15) is 11.6 Å². The molecule has 1 aromatic rings. The maximum atomic E-state index is 13.4. The molecule has 0 aliphatic carbocycles. The van der Waals surface area contributed by atoms with E-state index in [1.165, 1.54) is 6.42 Å². The van der Waals surface area contributed by atoms with Crippen molar-refractivity contribution in [3.63, 3.8) is 0 Å². The van der Waals surface area contributed by atoms with E-state index in [0.717, 1.165) is 37.8 Å². The summed E-state index contributed by atoms with van der Waals surface area (Å²) in [5.41, 5.74) is -0.915. The first kappa shape index (κ1) is 16.8. The second-order valence-corrected chi connectivity index (χ2v) is 8.07. The van der Waals surface area contributed by atoms with E-state index in [2.05, 4.69) is 0 Å². The monoisotopic (exact) mass is 346 g/mol. The number of ketones is 1. The molecule has 6 heteroatoms. The maximum Gasteiger partial charge on any atom is 0.416 e. The zero-order chi connectivity index (χ0) is 16.6. The van der Waals surface area contributed by atoms with Crippen LogP contribution in [-0.4, -0.2) is 16.3 Å². The molecule has 1 aromatic carbocycles. The molecular formula is C17H18F4OS. The summed E-state index contributed by atoms with van der Waals surface area (Å²) in [4.78, 5) is 12.5. The van der Waals surface area contributed by atoms with E-state index in [1.807, 2.05) is 11.8 Å². The quantitative estimate of drug-likeness (QED) is 0.715. The number of Topliss-reactive ketones (excluding diaryl/α,β-unsaturated/α-hetero) is 1. The molecule has 126 valence electrons. The highest BCUT2D eigenvalue weighted by Gasteiger charge is 2.36. The normalized spacial score (nSPS) is 27.7. The van der Waals surface area contributed by atoms with E-state index in [-0.39, 0.29) is 23.7 Å². The lowest BCUT2D eigenvalue weighted by molar-refractivity contribution is -0.138. The average Bonchev–Trinajstić information content (AvgIpc) is 2.45. The van der Waals surface area contributed by atoms with Gasteiger partial charge in [-0.2, -0.15) is 24.9 Å². The fraction of sp³-hybridized carbons (Fsp3) is 0.588. The van der Waals surface area contributed by atoms with Gasteiger partial charge in [0.2, 0.25) is 0 Å². The van der Waals surface area contributed by atoms with E-state index in [0.29, 0.717) is 16.6 Å². The van der Waals surface area contributed by atoms with Crippen LogP contribution in [0.15, 0.2) is 18.2 Å². The predicted octanol–water partition coefficient (Wildman–Crippen LogP) is 5.02. The molecule has 2 aliphatic heterocycles. The van der Waals surface area contributed by atoms with E-state index >= 15 is 0 Å². The van der Waals surface area contributed by atoms with Crippen molar-refractivity contribution in [1.82, 2.24) is 0 Å². The lowest BCUT2D eigenvalue weighted by Gasteiger charge is -2.38. The van der Waals surface area contributed by atoms with Gasteiger partial charge in [0.25, 0.3) is 0 Å². The van der Waals surface area contributed by atoms with Crippen LogP contribution in [-0.2, 0) is 17.4 Å². The fourth-order valence-electron chi connectivity index (χ4n) is 3.58. The molecule has 2 bridgehead atoms. The van der Waals surface area contributed by atoms with Crippen molar-refractivity contribution in [3.05, 3.63) is 35.1 Å². The molecule has 2 atom stereocenters. The highest BCUT2D eigenvalue weighted by molar-refractivity contribution is 8.00. The van der Waals surface area contributed by atoms with Crippen molar-refractivity contribution in [2.45, 2.75) is 55.2 Å². The summed E-state index contributed by atoms with van der Waals surface area (Å²) in [7, 11) is 0. The van der Waals surface area contributed by atoms with Crippen molar-refractivity contribution >= 4 is 17.5 Å². The SMILES string of the molecule is O=C(Cc1cc(F)cc(C(F)(F)F)c1)C1CC2CCCC(C1)S2. The zero-order valence-corrected chi connectivity index (χ0v) is 13.4. The zero-order valence-electron chi connectivity index (χ0n) is 12.5. The molecule has 2 heterocycles. The molecule has 2 unspecified atom stereocenters. The van der Waals surface area contributed by atoms with Gasteiger partial charge in [-0.3, -0.25) is 4.79 Å². The number of fused-ring (bicyclic) bond motifs is 2. The van der Waals surface area contributed by atoms with Gasteiger partial charge in [0, 0.05) is 22.8 Å². The average molecular weight is 346 g/mol. The van der Waals surface area contributed by atoms with E-state index < -0.39 is 17.6 Å². The number of carbonyl (C=O) groups excluding carboxylic acids is 1. The van der Waals surface area contributed by atoms with Gasteiger partial charge in [0.05, 0.1) is 5.56 Å². The molecule has 2 saturated heterocycles. The van der Waals surface area contributed by atoms with Crippen LogP contribution < -0.4 is 0 Å². The van der Waals surface area contributed by atoms with Crippen molar-refractivity contribution in [3.8, 4) is 0 Å². The number of hydrogen-bond acceptors (Lipinski definition) is 2. The van der Waals surface area contributed by atoms with E-state index in [4.69, 9.17) is 0 Å². The summed E-state index contributed by atoms with van der Waals surface area (Å²) in [5.74, 6) is -1.09. The minimum atomic E-state index is -4.60. The number of hydrogen-bond donors (Lipinski definition) is 0. The number of carbonyl (C=O) groups is 1. The molecule has 3 rings (SSSR count). The summed E-state index contributed by atoms with van der Waals surface area (Å²) in [5, 5.41) is 0.990. The molecule has 0 radical (unpaired) electrons. The molecule has 2 fully saturated rings. The summed E-state index contributed by atoms with van der Waals surface area (Å²) in [6.45, 7) is 0. The Kier molecular flexibility index (Phi) is 4.72. The lowest BCUT2D eigenvalue weighted by Crippen LogP contribution is -2.33. The van der Waals surface area contributed by atoms with Crippen LogP contribution >= 0.6 is 11.8 Å². The van der Waals surface area contributed by atoms with Crippen LogP contribution in [0.25, 0.3) is 0 Å². The molecule has 0 spiro atoms. The van der Waals surface area contributed by atoms with Gasteiger partial charge in [-0.1, -0.05) is 6.42 Å². The van der Waals surface area contributed by atoms with Gasteiger partial charge >= 0.3 is 6.18 Å². The van der Waals surface area contributed by atoms with Crippen LogP contribution in [0.4, 0.5) is 17.6 Å². The van der Waals surface area contributed by atoms with Crippen LogP contribution in [0.2, 0.25) is 0 Å². The Balaban J connectivity index is 1.71. The molecule has 0 saturated carbocycles. The summed E-state index contributed by atoms with van der Waals surface area (Å²) in [6, 6.07) is 2.39. The van der Waals surface area contributed by atoms with Crippen LogP contribution in [0.5, 0.6) is 0 Å². The highest BCUT2D eigenvalue weighted by Crippen LogP contribution is 2.44. The highest BCUT2D eigenvalue weighted by atomic mass is 32.2. The molecule has 0 aromatic heterocycles. The third kappa shape index (κ3) is 4.08. The van der Waals surface area contributed by atoms with Crippen LogP contribution in [0.3, 0.4) is 0 Å². The summed E-state index contributed by atoms with van der Waals surface area (Å²) in [6.07, 6.45) is 0.325. The van der Waals surface area contributed by atoms with Gasteiger partial charge < -0.3 is 0 Å². The van der Waals surface area contributed by atoms with Crippen molar-refractivity contribution in [1.29, 1.82) is 0 Å². The van der Waals surface area contributed by atoms with Crippen LogP contribution in [0, 0.1) is 11.7 Å². The van der Waals surface area contributed by atoms with Crippen LogP contribution in [0.1, 0.15) is 43.2 Å². The van der Waals surface area contributed by atoms with E-state index in [9.17, 15) is 22.4 Å². The third-order valence-corrected chi connectivity index (χ3v) is 6.28. The molecular weight excluding hydrogens is 328 g/mol. The molecule has 23 heavy (non-hydrogen) atoms. The Bertz CT molecular complexity index is 587. The number of alkyl halides is 3. The Labute approximate surface area is 136 Å². The van der Waals surface area contributed by atoms with Crippen molar-refractivity contribution in [2.75, 3.05) is 0 Å². The molecule has 0 amide bonds. The van der Waals surface area contributed by atoms with Crippen molar-refractivity contribution < 1.29 is 22.4 Å².